The van der Waals surface area contributed by atoms with Crippen LogP contribution in [0.1, 0.15) is 37.6 Å². The highest BCUT2D eigenvalue weighted by Crippen LogP contribution is 2.20. The molecule has 4 heteroatoms. The van der Waals surface area contributed by atoms with Crippen molar-refractivity contribution in [3.63, 3.8) is 0 Å². The van der Waals surface area contributed by atoms with Crippen LogP contribution in [0, 0.1) is 6.92 Å². The largest absolute Gasteiger partial charge is 0.391 e. The van der Waals surface area contributed by atoms with E-state index in [0.717, 1.165) is 30.3 Å². The summed E-state index contributed by atoms with van der Waals surface area (Å²) in [6, 6.07) is 2.03. The van der Waals surface area contributed by atoms with Gasteiger partial charge in [-0.25, -0.2) is 9.97 Å². The number of β-amino-alcohol motifs (C(OH)–C–C–N with tert-alkyl or cyclic N) is 1. The summed E-state index contributed by atoms with van der Waals surface area (Å²) in [6.07, 6.45) is 0.584. The van der Waals surface area contributed by atoms with Gasteiger partial charge in [-0.15, -0.1) is 0 Å². The minimum atomic E-state index is -0.230. The summed E-state index contributed by atoms with van der Waals surface area (Å²) in [5.41, 5.74) is 2.07. The van der Waals surface area contributed by atoms with Gasteiger partial charge in [0.15, 0.2) is 0 Å². The average molecular weight is 221 g/mol. The number of hydrogen-bond donors (Lipinski definition) is 1. The van der Waals surface area contributed by atoms with Crippen LogP contribution in [0.15, 0.2) is 6.07 Å². The molecule has 0 spiro atoms. The van der Waals surface area contributed by atoms with E-state index in [1.54, 1.807) is 0 Å². The highest BCUT2D eigenvalue weighted by Gasteiger charge is 2.22. The van der Waals surface area contributed by atoms with E-state index in [2.05, 4.69) is 28.7 Å². The average Bonchev–Trinajstić information content (AvgIpc) is 2.64. The topological polar surface area (TPSA) is 49.2 Å². The third-order valence-electron chi connectivity index (χ3n) is 2.90. The van der Waals surface area contributed by atoms with Crippen molar-refractivity contribution in [3.05, 3.63) is 17.5 Å². The Morgan fingerprint density at radius 1 is 1.44 bits per heavy atom. The van der Waals surface area contributed by atoms with E-state index in [1.807, 2.05) is 13.0 Å². The second kappa shape index (κ2) is 4.37. The van der Waals surface area contributed by atoms with Crippen LogP contribution < -0.4 is 4.90 Å². The van der Waals surface area contributed by atoms with Gasteiger partial charge in [-0.05, 0) is 25.3 Å². The van der Waals surface area contributed by atoms with Crippen LogP contribution in [0.25, 0.3) is 0 Å². The molecular weight excluding hydrogens is 202 g/mol. The van der Waals surface area contributed by atoms with E-state index in [0.29, 0.717) is 12.5 Å². The van der Waals surface area contributed by atoms with Gasteiger partial charge in [0, 0.05) is 24.5 Å². The van der Waals surface area contributed by atoms with Crippen molar-refractivity contribution in [2.24, 2.45) is 0 Å². The number of aromatic nitrogens is 2. The zero-order valence-electron chi connectivity index (χ0n) is 10.1. The predicted molar refractivity (Wildman–Crippen MR) is 63.7 cm³/mol. The van der Waals surface area contributed by atoms with Crippen LogP contribution in [-0.4, -0.2) is 34.3 Å². The van der Waals surface area contributed by atoms with Crippen LogP contribution in [0.2, 0.25) is 0 Å². The summed E-state index contributed by atoms with van der Waals surface area (Å²) in [4.78, 5) is 11.0. The quantitative estimate of drug-likeness (QED) is 0.821. The van der Waals surface area contributed by atoms with Gasteiger partial charge in [0.05, 0.1) is 6.10 Å². The van der Waals surface area contributed by atoms with Gasteiger partial charge < -0.3 is 10.0 Å². The lowest BCUT2D eigenvalue weighted by atomic mass is 10.1. The Hall–Kier alpha value is -1.16. The number of aliphatic hydroxyl groups is 1. The molecule has 16 heavy (non-hydrogen) atoms. The molecule has 1 saturated heterocycles. The number of hydrogen-bond acceptors (Lipinski definition) is 4. The standard InChI is InChI=1S/C12H19N3O/c1-8(2)11-6-9(3)13-12(14-11)15-5-4-10(16)7-15/h6,8,10,16H,4-5,7H2,1-3H3. The van der Waals surface area contributed by atoms with Crippen molar-refractivity contribution in [1.82, 2.24) is 9.97 Å². The Labute approximate surface area is 96.3 Å². The predicted octanol–water partition coefficient (Wildman–Crippen LogP) is 1.48. The third-order valence-corrected chi connectivity index (χ3v) is 2.90. The second-order valence-corrected chi connectivity index (χ2v) is 4.78. The van der Waals surface area contributed by atoms with E-state index < -0.39 is 0 Å². The molecule has 0 amide bonds. The first-order valence-corrected chi connectivity index (χ1v) is 5.85. The minimum Gasteiger partial charge on any atom is -0.391 e. The lowest BCUT2D eigenvalue weighted by Gasteiger charge is -2.17. The molecule has 1 atom stereocenters. The molecule has 1 aromatic rings. The molecule has 1 aliphatic heterocycles. The summed E-state index contributed by atoms with van der Waals surface area (Å²) >= 11 is 0. The van der Waals surface area contributed by atoms with Crippen LogP contribution in [0.3, 0.4) is 0 Å². The fraction of sp³-hybridized carbons (Fsp3) is 0.667. The normalized spacial score (nSPS) is 20.8. The van der Waals surface area contributed by atoms with Crippen LogP contribution in [0.5, 0.6) is 0 Å². The fourth-order valence-electron chi connectivity index (χ4n) is 1.94. The molecule has 2 heterocycles. The highest BCUT2D eigenvalue weighted by atomic mass is 16.3. The van der Waals surface area contributed by atoms with Crippen LogP contribution >= 0.6 is 0 Å². The number of rotatable bonds is 2. The Bertz CT molecular complexity index is 379. The minimum absolute atomic E-state index is 0.230. The molecule has 1 fully saturated rings. The molecule has 0 bridgehead atoms. The van der Waals surface area contributed by atoms with E-state index >= 15 is 0 Å². The number of aliphatic hydroxyl groups excluding tert-OH is 1. The summed E-state index contributed by atoms with van der Waals surface area (Å²) in [6.45, 7) is 7.75. The third kappa shape index (κ3) is 2.32. The van der Waals surface area contributed by atoms with E-state index in [1.165, 1.54) is 0 Å². The summed E-state index contributed by atoms with van der Waals surface area (Å²) in [5, 5.41) is 9.51. The first-order chi connectivity index (χ1) is 7.56. The van der Waals surface area contributed by atoms with Gasteiger partial charge in [0.2, 0.25) is 5.95 Å². The second-order valence-electron chi connectivity index (χ2n) is 4.78. The Morgan fingerprint density at radius 2 is 2.19 bits per heavy atom. The zero-order chi connectivity index (χ0) is 11.7. The zero-order valence-corrected chi connectivity index (χ0v) is 10.1. The lowest BCUT2D eigenvalue weighted by molar-refractivity contribution is 0.198. The van der Waals surface area contributed by atoms with Crippen molar-refractivity contribution < 1.29 is 5.11 Å². The maximum Gasteiger partial charge on any atom is 0.225 e. The maximum absolute atomic E-state index is 9.51. The van der Waals surface area contributed by atoms with E-state index in [9.17, 15) is 5.11 Å². The highest BCUT2D eigenvalue weighted by molar-refractivity contribution is 5.34. The van der Waals surface area contributed by atoms with Crippen molar-refractivity contribution in [3.8, 4) is 0 Å². The van der Waals surface area contributed by atoms with Crippen LogP contribution in [-0.2, 0) is 0 Å². The van der Waals surface area contributed by atoms with Gasteiger partial charge >= 0.3 is 0 Å². The summed E-state index contributed by atoms with van der Waals surface area (Å²) in [5.74, 6) is 1.17. The first-order valence-electron chi connectivity index (χ1n) is 5.85. The Kier molecular flexibility index (Phi) is 3.10. The SMILES string of the molecule is Cc1cc(C(C)C)nc(N2CCC(O)C2)n1. The van der Waals surface area contributed by atoms with Crippen molar-refractivity contribution in [2.45, 2.75) is 39.2 Å². The van der Waals surface area contributed by atoms with Gasteiger partial charge in [-0.1, -0.05) is 13.8 Å². The molecule has 0 aliphatic carbocycles. The monoisotopic (exact) mass is 221 g/mol. The molecule has 0 saturated carbocycles. The summed E-state index contributed by atoms with van der Waals surface area (Å²) < 4.78 is 0. The van der Waals surface area contributed by atoms with Gasteiger partial charge in [0.1, 0.15) is 0 Å². The first kappa shape index (κ1) is 11.3. The smallest absolute Gasteiger partial charge is 0.225 e. The number of anilines is 1. The Morgan fingerprint density at radius 3 is 2.75 bits per heavy atom. The van der Waals surface area contributed by atoms with Crippen molar-refractivity contribution >= 4 is 5.95 Å². The number of aryl methyl sites for hydroxylation is 1. The van der Waals surface area contributed by atoms with Crippen molar-refractivity contribution in [1.29, 1.82) is 0 Å². The molecule has 1 N–H and O–H groups in total. The Balaban J connectivity index is 2.27. The van der Waals surface area contributed by atoms with Crippen molar-refractivity contribution in [2.75, 3.05) is 18.0 Å². The van der Waals surface area contributed by atoms with E-state index in [4.69, 9.17) is 0 Å². The fourth-order valence-corrected chi connectivity index (χ4v) is 1.94. The van der Waals surface area contributed by atoms with Gasteiger partial charge in [-0.2, -0.15) is 0 Å². The van der Waals surface area contributed by atoms with Gasteiger partial charge in [-0.3, -0.25) is 0 Å². The maximum atomic E-state index is 9.51. The lowest BCUT2D eigenvalue weighted by Crippen LogP contribution is -2.24. The molecule has 0 aromatic carbocycles. The molecule has 88 valence electrons. The van der Waals surface area contributed by atoms with E-state index in [-0.39, 0.29) is 6.10 Å². The molecule has 2 rings (SSSR count). The summed E-state index contributed by atoms with van der Waals surface area (Å²) in [7, 11) is 0. The number of nitrogens with zero attached hydrogens (tertiary/aromatic N) is 3. The molecule has 1 unspecified atom stereocenters. The molecular formula is C12H19N3O. The molecule has 1 aliphatic rings. The van der Waals surface area contributed by atoms with Crippen LogP contribution in [0.4, 0.5) is 5.95 Å². The molecule has 1 aromatic heterocycles. The van der Waals surface area contributed by atoms with Gasteiger partial charge in [0.25, 0.3) is 0 Å². The molecule has 4 nitrogen and oxygen atoms in total. The molecule has 0 radical (unpaired) electrons.